The van der Waals surface area contributed by atoms with E-state index in [0.717, 1.165) is 29.8 Å². The highest BCUT2D eigenvalue weighted by molar-refractivity contribution is 5.95. The molecule has 27 heavy (non-hydrogen) atoms. The third-order valence-electron chi connectivity index (χ3n) is 4.74. The number of carbonyl (C=O) groups excluding carboxylic acids is 2. The van der Waals surface area contributed by atoms with Crippen LogP contribution in [0, 0.1) is 5.92 Å². The zero-order valence-electron chi connectivity index (χ0n) is 15.1. The minimum atomic E-state index is -0.117. The molecule has 0 unspecified atom stereocenters. The summed E-state index contributed by atoms with van der Waals surface area (Å²) in [5, 5.41) is 2.94. The van der Waals surface area contributed by atoms with Gasteiger partial charge in [-0.05, 0) is 37.1 Å². The van der Waals surface area contributed by atoms with E-state index in [9.17, 15) is 9.59 Å². The normalized spacial score (nSPS) is 16.0. The van der Waals surface area contributed by atoms with Gasteiger partial charge in [0, 0.05) is 36.0 Å². The molecule has 1 saturated carbocycles. The predicted molar refractivity (Wildman–Crippen MR) is 98.8 cm³/mol. The Hall–Kier alpha value is -3.09. The molecule has 2 aromatic rings. The van der Waals surface area contributed by atoms with Gasteiger partial charge in [0.05, 0.1) is 19.2 Å². The van der Waals surface area contributed by atoms with Crippen LogP contribution in [0.15, 0.2) is 36.5 Å². The Morgan fingerprint density at radius 2 is 2.11 bits per heavy atom. The molecule has 140 valence electrons. The number of benzene rings is 1. The van der Waals surface area contributed by atoms with Gasteiger partial charge in [-0.15, -0.1) is 0 Å². The van der Waals surface area contributed by atoms with Crippen molar-refractivity contribution >= 4 is 17.5 Å². The molecule has 7 heteroatoms. The number of hydrogen-bond acceptors (Lipinski definition) is 5. The molecule has 2 heterocycles. The highest BCUT2D eigenvalue weighted by atomic mass is 16.5. The fourth-order valence-corrected chi connectivity index (χ4v) is 3.05. The fourth-order valence-electron chi connectivity index (χ4n) is 3.05. The van der Waals surface area contributed by atoms with Crippen LogP contribution in [0.5, 0.6) is 11.6 Å². The van der Waals surface area contributed by atoms with E-state index in [1.807, 2.05) is 18.2 Å². The number of rotatable bonds is 4. The van der Waals surface area contributed by atoms with Crippen LogP contribution in [0.3, 0.4) is 0 Å². The number of methoxy groups -OCH3 is 1. The first-order valence-corrected chi connectivity index (χ1v) is 9.00. The molecule has 1 aliphatic carbocycles. The molecule has 0 radical (unpaired) electrons. The summed E-state index contributed by atoms with van der Waals surface area (Å²) in [5.74, 6) is 1.28. The third-order valence-corrected chi connectivity index (χ3v) is 4.74. The molecule has 0 saturated heterocycles. The van der Waals surface area contributed by atoms with Gasteiger partial charge in [-0.2, -0.15) is 0 Å². The average molecular weight is 367 g/mol. The fraction of sp³-hybridized carbons (Fsp3) is 0.350. The van der Waals surface area contributed by atoms with Crippen molar-refractivity contribution in [3.05, 3.63) is 47.7 Å². The number of ether oxygens (including phenoxy) is 2. The second-order valence-electron chi connectivity index (χ2n) is 6.75. The van der Waals surface area contributed by atoms with Gasteiger partial charge in [-0.1, -0.05) is 0 Å². The summed E-state index contributed by atoms with van der Waals surface area (Å²) in [7, 11) is 1.53. The number of carbonyl (C=O) groups is 2. The molecule has 4 rings (SSSR count). The maximum atomic E-state index is 12.8. The van der Waals surface area contributed by atoms with Crippen molar-refractivity contribution in [3.63, 3.8) is 0 Å². The summed E-state index contributed by atoms with van der Waals surface area (Å²) >= 11 is 0. The van der Waals surface area contributed by atoms with Crippen LogP contribution in [0.2, 0.25) is 0 Å². The lowest BCUT2D eigenvalue weighted by Crippen LogP contribution is -2.32. The molecule has 0 atom stereocenters. The minimum absolute atomic E-state index is 0.0572. The quantitative estimate of drug-likeness (QED) is 0.898. The molecule has 1 aromatic carbocycles. The first-order valence-electron chi connectivity index (χ1n) is 9.00. The number of aromatic nitrogens is 1. The Morgan fingerprint density at radius 1 is 1.26 bits per heavy atom. The zero-order valence-corrected chi connectivity index (χ0v) is 15.1. The Balaban J connectivity index is 1.51. The highest BCUT2D eigenvalue weighted by Crippen LogP contribution is 2.32. The minimum Gasteiger partial charge on any atom is -0.491 e. The molecular weight excluding hydrogens is 346 g/mol. The molecule has 0 bridgehead atoms. The summed E-state index contributed by atoms with van der Waals surface area (Å²) in [5.41, 5.74) is 2.10. The molecule has 7 nitrogen and oxygen atoms in total. The van der Waals surface area contributed by atoms with Gasteiger partial charge in [-0.3, -0.25) is 9.59 Å². The number of hydrogen-bond donors (Lipinski definition) is 1. The van der Waals surface area contributed by atoms with Gasteiger partial charge in [0.2, 0.25) is 11.8 Å². The van der Waals surface area contributed by atoms with E-state index in [2.05, 4.69) is 10.3 Å². The lowest BCUT2D eigenvalue weighted by atomic mass is 10.1. The molecule has 2 aliphatic rings. The standard InChI is InChI=1S/C20H21N3O4/c1-26-18-7-4-14(11-21-18)20(25)23-8-9-27-17-6-5-16(10-15(17)12-23)22-19(24)13-2-3-13/h4-7,10-11,13H,2-3,8-9,12H2,1H3,(H,22,24). The predicted octanol–water partition coefficient (Wildman–Crippen LogP) is 2.47. The molecule has 1 aromatic heterocycles. The zero-order chi connectivity index (χ0) is 18.8. The van der Waals surface area contributed by atoms with E-state index in [1.165, 1.54) is 13.3 Å². The SMILES string of the molecule is COc1ccc(C(=O)N2CCOc3ccc(NC(=O)C4CC4)cc3C2)cn1. The van der Waals surface area contributed by atoms with E-state index in [-0.39, 0.29) is 17.7 Å². The molecule has 1 fully saturated rings. The molecule has 2 amide bonds. The Bertz CT molecular complexity index is 862. The topological polar surface area (TPSA) is 80.8 Å². The maximum Gasteiger partial charge on any atom is 0.255 e. The van der Waals surface area contributed by atoms with Crippen molar-refractivity contribution in [1.29, 1.82) is 0 Å². The smallest absolute Gasteiger partial charge is 0.255 e. The maximum absolute atomic E-state index is 12.8. The number of fused-ring (bicyclic) bond motifs is 1. The van der Waals surface area contributed by atoms with E-state index >= 15 is 0 Å². The van der Waals surface area contributed by atoms with Crippen molar-refractivity contribution in [3.8, 4) is 11.6 Å². The van der Waals surface area contributed by atoms with E-state index in [0.29, 0.717) is 31.1 Å². The molecule has 1 aliphatic heterocycles. The second-order valence-corrected chi connectivity index (χ2v) is 6.75. The van der Waals surface area contributed by atoms with Crippen LogP contribution < -0.4 is 14.8 Å². The van der Waals surface area contributed by atoms with Crippen LogP contribution in [-0.2, 0) is 11.3 Å². The van der Waals surface area contributed by atoms with Gasteiger partial charge < -0.3 is 19.7 Å². The van der Waals surface area contributed by atoms with Gasteiger partial charge >= 0.3 is 0 Å². The highest BCUT2D eigenvalue weighted by Gasteiger charge is 2.30. The Morgan fingerprint density at radius 3 is 2.81 bits per heavy atom. The number of anilines is 1. The second kappa shape index (κ2) is 7.26. The third kappa shape index (κ3) is 3.86. The average Bonchev–Trinajstić information content (AvgIpc) is 3.54. The van der Waals surface area contributed by atoms with Gasteiger partial charge in [0.15, 0.2) is 0 Å². The van der Waals surface area contributed by atoms with Crippen molar-refractivity contribution in [2.75, 3.05) is 25.6 Å². The summed E-state index contributed by atoms with van der Waals surface area (Å²) < 4.78 is 10.8. The first-order chi connectivity index (χ1) is 13.1. The summed E-state index contributed by atoms with van der Waals surface area (Å²) in [6.07, 6.45) is 3.43. The summed E-state index contributed by atoms with van der Waals surface area (Å²) in [4.78, 5) is 30.7. The number of nitrogens with one attached hydrogen (secondary N) is 1. The van der Waals surface area contributed by atoms with Crippen molar-refractivity contribution in [2.24, 2.45) is 5.92 Å². The van der Waals surface area contributed by atoms with Crippen LogP contribution in [0.1, 0.15) is 28.8 Å². The largest absolute Gasteiger partial charge is 0.491 e. The molecular formula is C20H21N3O4. The molecule has 1 N–H and O–H groups in total. The van der Waals surface area contributed by atoms with Crippen LogP contribution in [0.4, 0.5) is 5.69 Å². The lowest BCUT2D eigenvalue weighted by Gasteiger charge is -2.20. The van der Waals surface area contributed by atoms with Gasteiger partial charge in [0.25, 0.3) is 5.91 Å². The van der Waals surface area contributed by atoms with Gasteiger partial charge in [-0.25, -0.2) is 4.98 Å². The monoisotopic (exact) mass is 367 g/mol. The van der Waals surface area contributed by atoms with E-state index < -0.39 is 0 Å². The lowest BCUT2D eigenvalue weighted by molar-refractivity contribution is -0.117. The summed E-state index contributed by atoms with van der Waals surface area (Å²) in [6, 6.07) is 8.94. The Labute approximate surface area is 157 Å². The van der Waals surface area contributed by atoms with Gasteiger partial charge in [0.1, 0.15) is 12.4 Å². The number of nitrogens with zero attached hydrogens (tertiary/aromatic N) is 2. The van der Waals surface area contributed by atoms with Crippen LogP contribution in [-0.4, -0.2) is 42.0 Å². The first kappa shape index (κ1) is 17.3. The van der Waals surface area contributed by atoms with Crippen LogP contribution in [0.25, 0.3) is 0 Å². The summed E-state index contributed by atoms with van der Waals surface area (Å²) in [6.45, 7) is 1.30. The van der Waals surface area contributed by atoms with Crippen LogP contribution >= 0.6 is 0 Å². The Kier molecular flexibility index (Phi) is 4.66. The van der Waals surface area contributed by atoms with Crippen molar-refractivity contribution < 1.29 is 19.1 Å². The number of pyridine rings is 1. The van der Waals surface area contributed by atoms with E-state index in [1.54, 1.807) is 17.0 Å². The van der Waals surface area contributed by atoms with E-state index in [4.69, 9.17) is 9.47 Å². The molecule has 0 spiro atoms. The number of amides is 2. The van der Waals surface area contributed by atoms with Crippen molar-refractivity contribution in [1.82, 2.24) is 9.88 Å². The van der Waals surface area contributed by atoms with Crippen molar-refractivity contribution in [2.45, 2.75) is 19.4 Å².